The van der Waals surface area contributed by atoms with Gasteiger partial charge in [0.2, 0.25) is 0 Å². The molecule has 0 spiro atoms. The highest BCUT2D eigenvalue weighted by Gasteiger charge is 2.19. The molecule has 2 rings (SSSR count). The predicted octanol–water partition coefficient (Wildman–Crippen LogP) is 3.65. The van der Waals surface area contributed by atoms with Gasteiger partial charge in [-0.15, -0.1) is 0 Å². The van der Waals surface area contributed by atoms with E-state index in [2.05, 4.69) is 11.4 Å². The molecule has 0 aliphatic carbocycles. The lowest BCUT2D eigenvalue weighted by Gasteiger charge is -2.23. The fraction of sp³-hybridized carbons (Fsp3) is 0.286. The van der Waals surface area contributed by atoms with Crippen LogP contribution in [0.25, 0.3) is 11.1 Å². The van der Waals surface area contributed by atoms with Gasteiger partial charge in [0.25, 0.3) is 0 Å². The second-order valence-corrected chi connectivity index (χ2v) is 6.61. The van der Waals surface area contributed by atoms with Crippen LogP contribution in [0.4, 0.5) is 4.79 Å². The average molecular weight is 365 g/mol. The van der Waals surface area contributed by atoms with Gasteiger partial charge in [-0.25, -0.2) is 4.79 Å². The first-order chi connectivity index (χ1) is 12.8. The number of carboxylic acid groups (broad SMARTS) is 1. The van der Waals surface area contributed by atoms with Crippen LogP contribution >= 0.6 is 0 Å². The standard InChI is InChI=1S/C21H23N3O3/c1-14(20(25)26)13-24(3)21(27)23-15(2)17-7-9-18(10-8-17)19-6-4-5-16(11-19)12-22/h4-11,14-15H,13H2,1-3H3,(H,23,27)(H,25,26). The molecule has 140 valence electrons. The van der Waals surface area contributed by atoms with E-state index in [-0.39, 0.29) is 18.6 Å². The Morgan fingerprint density at radius 3 is 2.41 bits per heavy atom. The quantitative estimate of drug-likeness (QED) is 0.817. The first-order valence-corrected chi connectivity index (χ1v) is 8.66. The van der Waals surface area contributed by atoms with Gasteiger partial charge in [-0.2, -0.15) is 5.26 Å². The van der Waals surface area contributed by atoms with Gasteiger partial charge in [0.1, 0.15) is 0 Å². The summed E-state index contributed by atoms with van der Waals surface area (Å²) in [5.74, 6) is -1.56. The van der Waals surface area contributed by atoms with Gasteiger partial charge in [-0.1, -0.05) is 43.3 Å². The molecule has 0 aromatic heterocycles. The van der Waals surface area contributed by atoms with Crippen molar-refractivity contribution in [2.45, 2.75) is 19.9 Å². The molecule has 0 heterocycles. The molecule has 2 amide bonds. The van der Waals surface area contributed by atoms with Gasteiger partial charge in [-0.3, -0.25) is 4.79 Å². The van der Waals surface area contributed by atoms with Gasteiger partial charge in [0, 0.05) is 13.6 Å². The van der Waals surface area contributed by atoms with E-state index in [1.165, 1.54) is 4.90 Å². The third kappa shape index (κ3) is 5.32. The van der Waals surface area contributed by atoms with Crippen LogP contribution < -0.4 is 5.32 Å². The van der Waals surface area contributed by atoms with Crippen LogP contribution in [-0.2, 0) is 4.79 Å². The van der Waals surface area contributed by atoms with Crippen molar-refractivity contribution in [1.29, 1.82) is 5.26 Å². The van der Waals surface area contributed by atoms with Crippen LogP contribution in [0.15, 0.2) is 48.5 Å². The van der Waals surface area contributed by atoms with E-state index in [1.807, 2.05) is 49.4 Å². The van der Waals surface area contributed by atoms with Crippen molar-refractivity contribution >= 4 is 12.0 Å². The summed E-state index contributed by atoms with van der Waals surface area (Å²) in [4.78, 5) is 24.5. The Kier molecular flexibility index (Phi) is 6.56. The molecule has 2 atom stereocenters. The Morgan fingerprint density at radius 1 is 1.15 bits per heavy atom. The average Bonchev–Trinajstić information content (AvgIpc) is 2.67. The number of nitrogens with zero attached hydrogens (tertiary/aromatic N) is 2. The van der Waals surface area contributed by atoms with Crippen molar-refractivity contribution in [1.82, 2.24) is 10.2 Å². The van der Waals surface area contributed by atoms with E-state index in [4.69, 9.17) is 10.4 Å². The van der Waals surface area contributed by atoms with Crippen molar-refractivity contribution in [2.75, 3.05) is 13.6 Å². The summed E-state index contributed by atoms with van der Waals surface area (Å²) in [6.07, 6.45) is 0. The number of hydrogen-bond donors (Lipinski definition) is 2. The van der Waals surface area contributed by atoms with Crippen molar-refractivity contribution < 1.29 is 14.7 Å². The van der Waals surface area contributed by atoms with Crippen LogP contribution in [0.1, 0.15) is 31.0 Å². The second kappa shape index (κ2) is 8.86. The molecule has 2 N–H and O–H groups in total. The lowest BCUT2D eigenvalue weighted by Crippen LogP contribution is -2.41. The van der Waals surface area contributed by atoms with Crippen LogP contribution in [0, 0.1) is 17.2 Å². The first-order valence-electron chi connectivity index (χ1n) is 8.66. The zero-order chi connectivity index (χ0) is 20.0. The highest BCUT2D eigenvalue weighted by molar-refractivity contribution is 5.76. The molecule has 2 aromatic carbocycles. The molecule has 0 aliphatic rings. The maximum atomic E-state index is 12.2. The molecule has 0 aliphatic heterocycles. The number of nitriles is 1. The van der Waals surface area contributed by atoms with Gasteiger partial charge >= 0.3 is 12.0 Å². The highest BCUT2D eigenvalue weighted by Crippen LogP contribution is 2.23. The molecule has 0 fully saturated rings. The van der Waals surface area contributed by atoms with Gasteiger partial charge in [0.15, 0.2) is 0 Å². The van der Waals surface area contributed by atoms with Gasteiger partial charge in [-0.05, 0) is 35.7 Å². The molecule has 0 bridgehead atoms. The molecule has 27 heavy (non-hydrogen) atoms. The summed E-state index contributed by atoms with van der Waals surface area (Å²) in [7, 11) is 1.58. The van der Waals surface area contributed by atoms with Gasteiger partial charge < -0.3 is 15.3 Å². The number of nitrogens with one attached hydrogen (secondary N) is 1. The maximum absolute atomic E-state index is 12.2. The molecule has 0 saturated carbocycles. The molecule has 0 saturated heterocycles. The molecule has 0 radical (unpaired) electrons. The van der Waals surface area contributed by atoms with Crippen molar-refractivity contribution in [3.05, 3.63) is 59.7 Å². The lowest BCUT2D eigenvalue weighted by atomic mass is 10.00. The van der Waals surface area contributed by atoms with Crippen molar-refractivity contribution in [3.8, 4) is 17.2 Å². The number of aliphatic carboxylic acids is 1. The van der Waals surface area contributed by atoms with E-state index < -0.39 is 11.9 Å². The van der Waals surface area contributed by atoms with Crippen LogP contribution in [0.2, 0.25) is 0 Å². The zero-order valence-corrected chi connectivity index (χ0v) is 15.6. The number of hydrogen-bond acceptors (Lipinski definition) is 3. The molecule has 2 unspecified atom stereocenters. The summed E-state index contributed by atoms with van der Waals surface area (Å²) in [6, 6.07) is 16.7. The van der Waals surface area contributed by atoms with Gasteiger partial charge in [0.05, 0.1) is 23.6 Å². The molecule has 6 nitrogen and oxygen atoms in total. The van der Waals surface area contributed by atoms with Crippen LogP contribution in [0.3, 0.4) is 0 Å². The fourth-order valence-electron chi connectivity index (χ4n) is 2.68. The predicted molar refractivity (Wildman–Crippen MR) is 103 cm³/mol. The maximum Gasteiger partial charge on any atom is 0.317 e. The van der Waals surface area contributed by atoms with E-state index in [0.717, 1.165) is 16.7 Å². The minimum Gasteiger partial charge on any atom is -0.481 e. The summed E-state index contributed by atoms with van der Waals surface area (Å²) in [6.45, 7) is 3.58. The van der Waals surface area contributed by atoms with E-state index in [0.29, 0.717) is 5.56 Å². The Bertz CT molecular complexity index is 856. The molecular formula is C21H23N3O3. The number of carboxylic acids is 1. The Morgan fingerprint density at radius 2 is 1.81 bits per heavy atom. The second-order valence-electron chi connectivity index (χ2n) is 6.61. The Hall–Kier alpha value is -3.33. The Balaban J connectivity index is 2.02. The number of carbonyl (C=O) groups is 2. The summed E-state index contributed by atoms with van der Waals surface area (Å²) in [5, 5.41) is 20.8. The molecule has 6 heteroatoms. The minimum atomic E-state index is -0.932. The normalized spacial score (nSPS) is 12.5. The molecule has 2 aromatic rings. The summed E-state index contributed by atoms with van der Waals surface area (Å²) >= 11 is 0. The van der Waals surface area contributed by atoms with Crippen LogP contribution in [0.5, 0.6) is 0 Å². The topological polar surface area (TPSA) is 93.4 Å². The zero-order valence-electron chi connectivity index (χ0n) is 15.6. The SMILES string of the molecule is CC(CN(C)C(=O)NC(C)c1ccc(-c2cccc(C#N)c2)cc1)C(=O)O. The third-order valence-electron chi connectivity index (χ3n) is 4.39. The number of urea groups is 1. The largest absolute Gasteiger partial charge is 0.481 e. The van der Waals surface area contributed by atoms with Crippen LogP contribution in [-0.4, -0.2) is 35.6 Å². The minimum absolute atomic E-state index is 0.141. The number of rotatable bonds is 6. The Labute approximate surface area is 159 Å². The highest BCUT2D eigenvalue weighted by atomic mass is 16.4. The number of amides is 2. The molecular weight excluding hydrogens is 342 g/mol. The first kappa shape index (κ1) is 20.0. The van der Waals surface area contributed by atoms with E-state index >= 15 is 0 Å². The third-order valence-corrected chi connectivity index (χ3v) is 4.39. The van der Waals surface area contributed by atoms with E-state index in [1.54, 1.807) is 20.0 Å². The van der Waals surface area contributed by atoms with Crippen molar-refractivity contribution in [2.24, 2.45) is 5.92 Å². The summed E-state index contributed by atoms with van der Waals surface area (Å²) < 4.78 is 0. The number of benzene rings is 2. The van der Waals surface area contributed by atoms with E-state index in [9.17, 15) is 9.59 Å². The lowest BCUT2D eigenvalue weighted by molar-refractivity contribution is -0.141. The fourth-order valence-corrected chi connectivity index (χ4v) is 2.68. The van der Waals surface area contributed by atoms with Crippen molar-refractivity contribution in [3.63, 3.8) is 0 Å². The number of carbonyl (C=O) groups excluding carboxylic acids is 1. The summed E-state index contributed by atoms with van der Waals surface area (Å²) in [5.41, 5.74) is 3.49. The smallest absolute Gasteiger partial charge is 0.317 e. The monoisotopic (exact) mass is 365 g/mol.